The zero-order chi connectivity index (χ0) is 8.43. The third-order valence-corrected chi connectivity index (χ3v) is 2.50. The Bertz CT molecular complexity index is 148. The second-order valence-electron chi connectivity index (χ2n) is 3.37. The second-order valence-corrected chi connectivity index (χ2v) is 3.37. The lowest BCUT2D eigenvalue weighted by Gasteiger charge is -2.32. The fraction of sp³-hybridized carbons (Fsp3) is 0.875. The smallest absolute Gasteiger partial charge is 0.308 e. The first-order chi connectivity index (χ1) is 5.13. The molecule has 1 heterocycles. The van der Waals surface area contributed by atoms with Crippen LogP contribution in [0.15, 0.2) is 0 Å². The molecule has 3 heteroatoms. The lowest BCUT2D eigenvalue weighted by Crippen LogP contribution is -2.46. The van der Waals surface area contributed by atoms with Gasteiger partial charge in [0, 0.05) is 6.04 Å². The normalized spacial score (nSPS) is 38.5. The highest BCUT2D eigenvalue weighted by Gasteiger charge is 2.32. The highest BCUT2D eigenvalue weighted by molar-refractivity contribution is 5.71. The Hall–Kier alpha value is -0.570. The van der Waals surface area contributed by atoms with Gasteiger partial charge in [-0.1, -0.05) is 6.92 Å². The van der Waals surface area contributed by atoms with E-state index < -0.39 is 5.97 Å². The predicted octanol–water partition coefficient (Wildman–Crippen LogP) is 0.705. The molecule has 3 nitrogen and oxygen atoms in total. The topological polar surface area (TPSA) is 49.3 Å². The number of aliphatic carboxylic acids is 1. The Kier molecular flexibility index (Phi) is 2.49. The van der Waals surface area contributed by atoms with Gasteiger partial charge in [-0.15, -0.1) is 0 Å². The van der Waals surface area contributed by atoms with Gasteiger partial charge in [-0.2, -0.15) is 0 Å². The van der Waals surface area contributed by atoms with Crippen LogP contribution in [0.5, 0.6) is 0 Å². The van der Waals surface area contributed by atoms with Crippen LogP contribution in [0.1, 0.15) is 20.3 Å². The Morgan fingerprint density at radius 2 is 2.18 bits per heavy atom. The van der Waals surface area contributed by atoms with Crippen LogP contribution in [-0.2, 0) is 4.79 Å². The number of hydrogen-bond donors (Lipinski definition) is 2. The maximum atomic E-state index is 10.7. The van der Waals surface area contributed by atoms with Crippen molar-refractivity contribution in [1.29, 1.82) is 0 Å². The van der Waals surface area contributed by atoms with E-state index in [1.54, 1.807) is 0 Å². The molecule has 1 rings (SSSR count). The van der Waals surface area contributed by atoms with E-state index in [0.717, 1.165) is 13.0 Å². The van der Waals surface area contributed by atoms with Gasteiger partial charge in [0.05, 0.1) is 5.92 Å². The molecule has 1 saturated heterocycles. The van der Waals surface area contributed by atoms with Gasteiger partial charge in [-0.05, 0) is 25.8 Å². The van der Waals surface area contributed by atoms with Gasteiger partial charge in [0.25, 0.3) is 0 Å². The molecule has 3 atom stereocenters. The van der Waals surface area contributed by atoms with Gasteiger partial charge < -0.3 is 10.4 Å². The van der Waals surface area contributed by atoms with Crippen molar-refractivity contribution >= 4 is 5.97 Å². The number of hydrogen-bond acceptors (Lipinski definition) is 2. The van der Waals surface area contributed by atoms with E-state index in [1.807, 2.05) is 13.8 Å². The molecule has 0 aliphatic carbocycles. The maximum Gasteiger partial charge on any atom is 0.308 e. The van der Waals surface area contributed by atoms with Crippen molar-refractivity contribution in [2.45, 2.75) is 26.3 Å². The van der Waals surface area contributed by atoms with E-state index in [2.05, 4.69) is 5.32 Å². The highest BCUT2D eigenvalue weighted by Crippen LogP contribution is 2.22. The number of carbonyl (C=O) groups is 1. The largest absolute Gasteiger partial charge is 0.481 e. The molecule has 2 N–H and O–H groups in total. The Morgan fingerprint density at radius 3 is 2.55 bits per heavy atom. The summed E-state index contributed by atoms with van der Waals surface area (Å²) < 4.78 is 0. The molecular weight excluding hydrogens is 142 g/mol. The minimum absolute atomic E-state index is 0.122. The molecule has 0 amide bonds. The fourth-order valence-corrected chi connectivity index (χ4v) is 1.80. The average Bonchev–Trinajstić information content (AvgIpc) is 1.85. The maximum absolute atomic E-state index is 10.7. The summed E-state index contributed by atoms with van der Waals surface area (Å²) in [6.07, 6.45) is 0.974. The molecule has 0 spiro atoms. The first-order valence-corrected chi connectivity index (χ1v) is 4.09. The summed E-state index contributed by atoms with van der Waals surface area (Å²) in [4.78, 5) is 10.7. The van der Waals surface area contributed by atoms with Crippen LogP contribution in [0.4, 0.5) is 0 Å². The van der Waals surface area contributed by atoms with Crippen LogP contribution in [-0.4, -0.2) is 23.7 Å². The van der Waals surface area contributed by atoms with Crippen LogP contribution in [0, 0.1) is 11.8 Å². The van der Waals surface area contributed by atoms with Crippen molar-refractivity contribution < 1.29 is 9.90 Å². The van der Waals surface area contributed by atoms with Gasteiger partial charge in [-0.3, -0.25) is 4.79 Å². The fourth-order valence-electron chi connectivity index (χ4n) is 1.80. The van der Waals surface area contributed by atoms with E-state index in [0.29, 0.717) is 5.92 Å². The van der Waals surface area contributed by atoms with E-state index >= 15 is 0 Å². The van der Waals surface area contributed by atoms with E-state index in [-0.39, 0.29) is 12.0 Å². The minimum atomic E-state index is -0.669. The molecular formula is C8H15NO2. The minimum Gasteiger partial charge on any atom is -0.481 e. The summed E-state index contributed by atoms with van der Waals surface area (Å²) in [7, 11) is 0. The van der Waals surface area contributed by atoms with Crippen LogP contribution in [0.3, 0.4) is 0 Å². The number of nitrogens with one attached hydrogen (secondary N) is 1. The summed E-state index contributed by atoms with van der Waals surface area (Å²) in [5.41, 5.74) is 0. The number of carboxylic acids is 1. The third kappa shape index (κ3) is 1.71. The van der Waals surface area contributed by atoms with E-state index in [4.69, 9.17) is 5.11 Å². The van der Waals surface area contributed by atoms with Crippen molar-refractivity contribution in [1.82, 2.24) is 5.32 Å². The zero-order valence-corrected chi connectivity index (χ0v) is 7.00. The quantitative estimate of drug-likeness (QED) is 0.589. The van der Waals surface area contributed by atoms with Crippen molar-refractivity contribution in [3.63, 3.8) is 0 Å². The molecule has 0 radical (unpaired) electrons. The zero-order valence-electron chi connectivity index (χ0n) is 7.00. The summed E-state index contributed by atoms with van der Waals surface area (Å²) >= 11 is 0. The average molecular weight is 157 g/mol. The molecule has 0 aromatic rings. The molecule has 0 bridgehead atoms. The van der Waals surface area contributed by atoms with Crippen LogP contribution < -0.4 is 5.32 Å². The molecule has 1 aliphatic rings. The Balaban J connectivity index is 2.62. The Labute approximate surface area is 66.8 Å². The van der Waals surface area contributed by atoms with Gasteiger partial charge in [0.15, 0.2) is 0 Å². The number of carboxylic acid groups (broad SMARTS) is 1. The van der Waals surface area contributed by atoms with Crippen molar-refractivity contribution in [2.24, 2.45) is 11.8 Å². The van der Waals surface area contributed by atoms with Gasteiger partial charge in [0.2, 0.25) is 0 Å². The second kappa shape index (κ2) is 3.22. The molecule has 0 aromatic heterocycles. The van der Waals surface area contributed by atoms with Crippen LogP contribution >= 0.6 is 0 Å². The van der Waals surface area contributed by atoms with Crippen LogP contribution in [0.25, 0.3) is 0 Å². The summed E-state index contributed by atoms with van der Waals surface area (Å²) in [6, 6.07) is 0.122. The molecule has 1 fully saturated rings. The predicted molar refractivity (Wildman–Crippen MR) is 42.4 cm³/mol. The van der Waals surface area contributed by atoms with Gasteiger partial charge >= 0.3 is 5.97 Å². The molecule has 11 heavy (non-hydrogen) atoms. The van der Waals surface area contributed by atoms with Crippen LogP contribution in [0.2, 0.25) is 0 Å². The standard InChI is InChI=1S/C8H15NO2/c1-5-3-4-9-6(2)7(5)8(10)11/h5-7,9H,3-4H2,1-2H3,(H,10,11). The SMILES string of the molecule is CC1CCNC(C)C1C(=O)O. The third-order valence-electron chi connectivity index (χ3n) is 2.50. The summed E-state index contributed by atoms with van der Waals surface area (Å²) in [5, 5.41) is 12.0. The van der Waals surface area contributed by atoms with E-state index in [9.17, 15) is 4.79 Å². The van der Waals surface area contributed by atoms with Gasteiger partial charge in [-0.25, -0.2) is 0 Å². The van der Waals surface area contributed by atoms with Gasteiger partial charge in [0.1, 0.15) is 0 Å². The Morgan fingerprint density at radius 1 is 1.55 bits per heavy atom. The van der Waals surface area contributed by atoms with E-state index in [1.165, 1.54) is 0 Å². The van der Waals surface area contributed by atoms with Crippen molar-refractivity contribution in [3.05, 3.63) is 0 Å². The molecule has 64 valence electrons. The highest BCUT2D eigenvalue weighted by atomic mass is 16.4. The number of rotatable bonds is 1. The summed E-state index contributed by atoms with van der Waals surface area (Å²) in [5.74, 6) is -0.565. The van der Waals surface area contributed by atoms with Crippen molar-refractivity contribution in [3.8, 4) is 0 Å². The van der Waals surface area contributed by atoms with Crippen molar-refractivity contribution in [2.75, 3.05) is 6.54 Å². The number of piperidine rings is 1. The first kappa shape index (κ1) is 8.53. The molecule has 3 unspecified atom stereocenters. The summed E-state index contributed by atoms with van der Waals surface area (Å²) in [6.45, 7) is 4.90. The lowest BCUT2D eigenvalue weighted by atomic mass is 9.83. The lowest BCUT2D eigenvalue weighted by molar-refractivity contribution is -0.145. The molecule has 0 saturated carbocycles. The first-order valence-electron chi connectivity index (χ1n) is 4.09. The monoisotopic (exact) mass is 157 g/mol. The molecule has 0 aromatic carbocycles. The molecule has 1 aliphatic heterocycles.